The van der Waals surface area contributed by atoms with Crippen molar-refractivity contribution in [2.24, 2.45) is 0 Å². The van der Waals surface area contributed by atoms with Crippen LogP contribution in [0, 0.1) is 0 Å². The average Bonchev–Trinajstić information content (AvgIpc) is 2.51. The van der Waals surface area contributed by atoms with Crippen LogP contribution in [0.4, 0.5) is 0 Å². The van der Waals surface area contributed by atoms with E-state index in [9.17, 15) is 15.3 Å². The maximum atomic E-state index is 9.86. The van der Waals surface area contributed by atoms with Crippen LogP contribution < -0.4 is 5.32 Å². The molecule has 0 aliphatic carbocycles. The van der Waals surface area contributed by atoms with Gasteiger partial charge in [0.15, 0.2) is 0 Å². The Morgan fingerprint density at radius 3 is 2.57 bits per heavy atom. The highest BCUT2D eigenvalue weighted by Crippen LogP contribution is 2.15. The topological polar surface area (TPSA) is 82.0 Å². The Labute approximate surface area is 125 Å². The fourth-order valence-electron chi connectivity index (χ4n) is 2.58. The van der Waals surface area contributed by atoms with E-state index >= 15 is 0 Å². The molecule has 1 aromatic rings. The van der Waals surface area contributed by atoms with Crippen molar-refractivity contribution >= 4 is 0 Å². The highest BCUT2D eigenvalue weighted by Gasteiger charge is 2.35. The van der Waals surface area contributed by atoms with Gasteiger partial charge < -0.3 is 25.4 Å². The zero-order valence-corrected chi connectivity index (χ0v) is 12.2. The molecule has 1 aliphatic rings. The Hall–Kier alpha value is -0.980. The fourth-order valence-corrected chi connectivity index (χ4v) is 2.58. The number of unbranched alkanes of at least 4 members (excludes halogenated alkanes) is 1. The van der Waals surface area contributed by atoms with Crippen LogP contribution in [0.3, 0.4) is 0 Å². The molecule has 0 unspecified atom stereocenters. The molecule has 4 atom stereocenters. The van der Waals surface area contributed by atoms with Crippen molar-refractivity contribution in [1.29, 1.82) is 0 Å². The van der Waals surface area contributed by atoms with Gasteiger partial charge in [-0.15, -0.1) is 0 Å². The third-order valence-electron chi connectivity index (χ3n) is 3.91. The molecule has 4 N–H and O–H groups in total. The third kappa shape index (κ3) is 5.05. The number of rotatable bonds is 7. The molecule has 0 radical (unpaired) electrons. The van der Waals surface area contributed by atoms with Crippen molar-refractivity contribution in [3.8, 4) is 0 Å². The second-order valence-corrected chi connectivity index (χ2v) is 5.60. The summed E-state index contributed by atoms with van der Waals surface area (Å²) >= 11 is 0. The Morgan fingerprint density at radius 2 is 1.81 bits per heavy atom. The largest absolute Gasteiger partial charge is 0.389 e. The van der Waals surface area contributed by atoms with E-state index in [0.717, 1.165) is 19.3 Å². The van der Waals surface area contributed by atoms with Crippen LogP contribution >= 0.6 is 0 Å². The van der Waals surface area contributed by atoms with Gasteiger partial charge in [-0.25, -0.2) is 0 Å². The molecule has 1 aromatic carbocycles. The summed E-state index contributed by atoms with van der Waals surface area (Å²) in [6.45, 7) is 1.63. The lowest BCUT2D eigenvalue weighted by atomic mass is 9.92. The maximum Gasteiger partial charge on any atom is 0.108 e. The third-order valence-corrected chi connectivity index (χ3v) is 3.91. The van der Waals surface area contributed by atoms with Crippen molar-refractivity contribution in [2.45, 2.75) is 50.2 Å². The molecule has 0 amide bonds. The molecule has 5 heteroatoms. The molecule has 2 rings (SSSR count). The summed E-state index contributed by atoms with van der Waals surface area (Å²) in [5, 5.41) is 32.0. The summed E-state index contributed by atoms with van der Waals surface area (Å²) in [5.74, 6) is 0. The number of hydrogen-bond donors (Lipinski definition) is 4. The maximum absolute atomic E-state index is 9.86. The predicted molar refractivity (Wildman–Crippen MR) is 79.8 cm³/mol. The van der Waals surface area contributed by atoms with Crippen LogP contribution in [0.1, 0.15) is 24.8 Å². The number of hydrogen-bond acceptors (Lipinski definition) is 5. The second kappa shape index (κ2) is 8.46. The summed E-state index contributed by atoms with van der Waals surface area (Å²) in [7, 11) is 0. The van der Waals surface area contributed by atoms with Crippen molar-refractivity contribution < 1.29 is 20.1 Å². The monoisotopic (exact) mass is 295 g/mol. The fraction of sp³-hybridized carbons (Fsp3) is 0.625. The SMILES string of the molecule is O[C@H]1[C@H](O)[C@@H](CCCCOCc2ccccc2)NC[C@@H]1O. The van der Waals surface area contributed by atoms with E-state index in [-0.39, 0.29) is 6.04 Å². The summed E-state index contributed by atoms with van der Waals surface area (Å²) in [5.41, 5.74) is 1.17. The molecular weight excluding hydrogens is 270 g/mol. The van der Waals surface area contributed by atoms with E-state index in [2.05, 4.69) is 5.32 Å². The number of nitrogens with one attached hydrogen (secondary N) is 1. The normalized spacial score (nSPS) is 29.5. The number of ether oxygens (including phenoxy) is 1. The van der Waals surface area contributed by atoms with E-state index in [1.54, 1.807) is 0 Å². The van der Waals surface area contributed by atoms with Crippen molar-refractivity contribution in [3.05, 3.63) is 35.9 Å². The lowest BCUT2D eigenvalue weighted by Gasteiger charge is -2.36. The highest BCUT2D eigenvalue weighted by molar-refractivity contribution is 5.13. The molecule has 0 spiro atoms. The summed E-state index contributed by atoms with van der Waals surface area (Å²) in [6, 6.07) is 9.89. The van der Waals surface area contributed by atoms with E-state index in [1.165, 1.54) is 5.56 Å². The molecule has 1 saturated heterocycles. The first-order valence-electron chi connectivity index (χ1n) is 7.57. The summed E-state index contributed by atoms with van der Waals surface area (Å²) < 4.78 is 5.60. The average molecular weight is 295 g/mol. The zero-order valence-electron chi connectivity index (χ0n) is 12.2. The van der Waals surface area contributed by atoms with Gasteiger partial charge in [-0.2, -0.15) is 0 Å². The van der Waals surface area contributed by atoms with Gasteiger partial charge in [0.25, 0.3) is 0 Å². The minimum absolute atomic E-state index is 0.155. The van der Waals surface area contributed by atoms with E-state index in [0.29, 0.717) is 19.8 Å². The van der Waals surface area contributed by atoms with Crippen molar-refractivity contribution in [2.75, 3.05) is 13.2 Å². The standard InChI is InChI=1S/C16H25NO4/c18-14-10-17-13(15(19)16(14)20)8-4-5-9-21-11-12-6-2-1-3-7-12/h1-3,6-7,13-20H,4-5,8-11H2/t13-,14+,15-,16-/m1/s1. The van der Waals surface area contributed by atoms with E-state index in [1.807, 2.05) is 30.3 Å². The van der Waals surface area contributed by atoms with Gasteiger partial charge in [0.05, 0.1) is 18.8 Å². The Balaban J connectivity index is 1.56. The quantitative estimate of drug-likeness (QED) is 0.548. The lowest BCUT2D eigenvalue weighted by Crippen LogP contribution is -2.59. The lowest BCUT2D eigenvalue weighted by molar-refractivity contribution is -0.0954. The molecule has 1 heterocycles. The summed E-state index contributed by atoms with van der Waals surface area (Å²) in [6.07, 6.45) is -0.252. The van der Waals surface area contributed by atoms with Gasteiger partial charge in [-0.1, -0.05) is 30.3 Å². The number of piperidine rings is 1. The molecule has 0 aromatic heterocycles. The molecule has 118 valence electrons. The van der Waals surface area contributed by atoms with Gasteiger partial charge in [-0.05, 0) is 24.8 Å². The second-order valence-electron chi connectivity index (χ2n) is 5.60. The first-order valence-corrected chi connectivity index (χ1v) is 7.57. The smallest absolute Gasteiger partial charge is 0.108 e. The van der Waals surface area contributed by atoms with E-state index < -0.39 is 18.3 Å². The first-order chi connectivity index (χ1) is 10.2. The molecule has 0 saturated carbocycles. The highest BCUT2D eigenvalue weighted by atomic mass is 16.5. The summed E-state index contributed by atoms with van der Waals surface area (Å²) in [4.78, 5) is 0. The van der Waals surface area contributed by atoms with Crippen LogP contribution in [0.25, 0.3) is 0 Å². The zero-order chi connectivity index (χ0) is 15.1. The van der Waals surface area contributed by atoms with Crippen LogP contribution in [0.2, 0.25) is 0 Å². The molecule has 21 heavy (non-hydrogen) atoms. The molecule has 0 bridgehead atoms. The first kappa shape index (κ1) is 16.4. The van der Waals surface area contributed by atoms with Gasteiger partial charge in [0.1, 0.15) is 6.10 Å². The van der Waals surface area contributed by atoms with Crippen molar-refractivity contribution in [3.63, 3.8) is 0 Å². The Bertz CT molecular complexity index is 401. The minimum atomic E-state index is -1.05. The van der Waals surface area contributed by atoms with Crippen LogP contribution in [-0.4, -0.2) is 52.8 Å². The number of benzene rings is 1. The van der Waals surface area contributed by atoms with Crippen LogP contribution in [0.5, 0.6) is 0 Å². The van der Waals surface area contributed by atoms with Crippen LogP contribution in [-0.2, 0) is 11.3 Å². The van der Waals surface area contributed by atoms with Crippen LogP contribution in [0.15, 0.2) is 30.3 Å². The van der Waals surface area contributed by atoms with Gasteiger partial charge >= 0.3 is 0 Å². The van der Waals surface area contributed by atoms with E-state index in [4.69, 9.17) is 4.74 Å². The molecule has 1 aliphatic heterocycles. The Morgan fingerprint density at radius 1 is 1.05 bits per heavy atom. The number of aliphatic hydroxyl groups is 3. The molecule has 1 fully saturated rings. The molecular formula is C16H25NO4. The minimum Gasteiger partial charge on any atom is -0.389 e. The van der Waals surface area contributed by atoms with Gasteiger partial charge in [0.2, 0.25) is 0 Å². The Kier molecular flexibility index (Phi) is 6.60. The predicted octanol–water partition coefficient (Wildman–Crippen LogP) is 0.428. The number of aliphatic hydroxyl groups excluding tert-OH is 3. The number of β-amino-alcohol motifs (C(OH)–C–C–N with tert-alkyl or cyclic N) is 1. The molecule has 5 nitrogen and oxygen atoms in total. The van der Waals surface area contributed by atoms with Crippen molar-refractivity contribution in [1.82, 2.24) is 5.32 Å². The van der Waals surface area contributed by atoms with Gasteiger partial charge in [-0.3, -0.25) is 0 Å². The van der Waals surface area contributed by atoms with Gasteiger partial charge in [0, 0.05) is 19.2 Å².